The molecule has 1 aliphatic heterocycles. The van der Waals surface area contributed by atoms with Crippen LogP contribution >= 0.6 is 0 Å². The molecule has 0 amide bonds. The molecule has 0 saturated carbocycles. The van der Waals surface area contributed by atoms with Crippen molar-refractivity contribution >= 4 is 0 Å². The minimum absolute atomic E-state index is 0.341. The first-order valence-corrected chi connectivity index (χ1v) is 7.33. The molecule has 2 atom stereocenters. The Hall–Kier alpha value is -2.00. The molecule has 0 radical (unpaired) electrons. The van der Waals surface area contributed by atoms with Crippen molar-refractivity contribution in [1.29, 1.82) is 0 Å². The van der Waals surface area contributed by atoms with E-state index in [0.29, 0.717) is 12.0 Å². The first kappa shape index (κ1) is 14.0. The van der Waals surface area contributed by atoms with Crippen molar-refractivity contribution < 1.29 is 9.47 Å². The van der Waals surface area contributed by atoms with Crippen molar-refractivity contribution in [1.82, 2.24) is 5.32 Å². The van der Waals surface area contributed by atoms with E-state index in [4.69, 9.17) is 9.47 Å². The van der Waals surface area contributed by atoms with Gasteiger partial charge in [-0.2, -0.15) is 0 Å². The highest BCUT2D eigenvalue weighted by Gasteiger charge is 2.31. The Morgan fingerprint density at radius 3 is 2.52 bits per heavy atom. The second kappa shape index (κ2) is 6.19. The Kier molecular flexibility index (Phi) is 4.11. The summed E-state index contributed by atoms with van der Waals surface area (Å²) in [5.74, 6) is 2.16. The second-order valence-electron chi connectivity index (χ2n) is 5.35. The average molecular weight is 283 g/mol. The third kappa shape index (κ3) is 2.74. The van der Waals surface area contributed by atoms with Gasteiger partial charge in [0.05, 0.1) is 14.2 Å². The van der Waals surface area contributed by atoms with E-state index in [1.54, 1.807) is 14.2 Å². The van der Waals surface area contributed by atoms with E-state index in [2.05, 4.69) is 41.7 Å². The zero-order valence-electron chi connectivity index (χ0n) is 12.5. The van der Waals surface area contributed by atoms with Crippen molar-refractivity contribution in [3.8, 4) is 11.5 Å². The highest BCUT2D eigenvalue weighted by molar-refractivity contribution is 5.44. The Labute approximate surface area is 125 Å². The van der Waals surface area contributed by atoms with Gasteiger partial charge >= 0.3 is 0 Å². The van der Waals surface area contributed by atoms with E-state index in [9.17, 15) is 0 Å². The Morgan fingerprint density at radius 2 is 1.81 bits per heavy atom. The fourth-order valence-corrected chi connectivity index (χ4v) is 3.17. The van der Waals surface area contributed by atoms with Crippen LogP contribution in [-0.4, -0.2) is 20.8 Å². The highest BCUT2D eigenvalue weighted by Crippen LogP contribution is 2.42. The number of rotatable bonds is 4. The van der Waals surface area contributed by atoms with Gasteiger partial charge in [-0.3, -0.25) is 0 Å². The standard InChI is InChI=1S/C18H21NO2/c1-20-14-8-9-15(17(12-14)21-2)16-10-11-19-18(16)13-6-4-3-5-7-13/h3-9,12,16,18-19H,10-11H2,1-2H3. The first-order chi connectivity index (χ1) is 10.3. The highest BCUT2D eigenvalue weighted by atomic mass is 16.5. The quantitative estimate of drug-likeness (QED) is 0.931. The van der Waals surface area contributed by atoms with Crippen LogP contribution in [0.1, 0.15) is 29.5 Å². The SMILES string of the molecule is COc1ccc(C2CCNC2c2ccccc2)c(OC)c1. The van der Waals surface area contributed by atoms with Crippen LogP contribution in [0.3, 0.4) is 0 Å². The minimum Gasteiger partial charge on any atom is -0.497 e. The van der Waals surface area contributed by atoms with Crippen LogP contribution in [-0.2, 0) is 0 Å². The third-order valence-corrected chi connectivity index (χ3v) is 4.22. The molecule has 2 aromatic carbocycles. The van der Waals surface area contributed by atoms with Crippen molar-refractivity contribution in [2.75, 3.05) is 20.8 Å². The van der Waals surface area contributed by atoms with Gasteiger partial charge in [0.15, 0.2) is 0 Å². The van der Waals surface area contributed by atoms with Crippen molar-refractivity contribution in [3.63, 3.8) is 0 Å². The Bertz CT molecular complexity index is 597. The summed E-state index contributed by atoms with van der Waals surface area (Å²) in [5.41, 5.74) is 2.58. The van der Waals surface area contributed by atoms with E-state index in [1.165, 1.54) is 11.1 Å². The molecule has 0 aromatic heterocycles. The smallest absolute Gasteiger partial charge is 0.126 e. The van der Waals surface area contributed by atoms with Gasteiger partial charge in [-0.05, 0) is 30.2 Å². The number of methoxy groups -OCH3 is 2. The van der Waals surface area contributed by atoms with E-state index in [-0.39, 0.29) is 0 Å². The molecular formula is C18H21NO2. The lowest BCUT2D eigenvalue weighted by Crippen LogP contribution is -2.17. The normalized spacial score (nSPS) is 21.2. The Morgan fingerprint density at radius 1 is 1.00 bits per heavy atom. The van der Waals surface area contributed by atoms with Crippen LogP contribution in [0.5, 0.6) is 11.5 Å². The third-order valence-electron chi connectivity index (χ3n) is 4.22. The number of hydrogen-bond donors (Lipinski definition) is 1. The van der Waals surface area contributed by atoms with Crippen LogP contribution in [0.2, 0.25) is 0 Å². The summed E-state index contributed by atoms with van der Waals surface area (Å²) in [5, 5.41) is 3.61. The first-order valence-electron chi connectivity index (χ1n) is 7.33. The maximum Gasteiger partial charge on any atom is 0.126 e. The maximum atomic E-state index is 5.58. The molecule has 0 aliphatic carbocycles. The molecule has 1 aliphatic rings. The lowest BCUT2D eigenvalue weighted by atomic mass is 9.87. The van der Waals surface area contributed by atoms with E-state index in [1.807, 2.05) is 12.1 Å². The summed E-state index contributed by atoms with van der Waals surface area (Å²) in [6, 6.07) is 17.1. The van der Waals surface area contributed by atoms with Crippen LogP contribution in [0.4, 0.5) is 0 Å². The lowest BCUT2D eigenvalue weighted by Gasteiger charge is -2.22. The van der Waals surface area contributed by atoms with Crippen molar-refractivity contribution in [2.45, 2.75) is 18.4 Å². The molecular weight excluding hydrogens is 262 g/mol. The summed E-state index contributed by atoms with van der Waals surface area (Å²) in [6.45, 7) is 1.03. The summed E-state index contributed by atoms with van der Waals surface area (Å²) >= 11 is 0. The largest absolute Gasteiger partial charge is 0.497 e. The van der Waals surface area contributed by atoms with Crippen LogP contribution in [0.15, 0.2) is 48.5 Å². The fourth-order valence-electron chi connectivity index (χ4n) is 3.17. The van der Waals surface area contributed by atoms with E-state index < -0.39 is 0 Å². The maximum absolute atomic E-state index is 5.58. The molecule has 21 heavy (non-hydrogen) atoms. The van der Waals surface area contributed by atoms with Crippen LogP contribution in [0.25, 0.3) is 0 Å². The van der Waals surface area contributed by atoms with Gasteiger partial charge in [-0.25, -0.2) is 0 Å². The second-order valence-corrected chi connectivity index (χ2v) is 5.35. The number of ether oxygens (including phenoxy) is 2. The summed E-state index contributed by atoms with van der Waals surface area (Å²) in [4.78, 5) is 0. The summed E-state index contributed by atoms with van der Waals surface area (Å²) in [6.07, 6.45) is 1.11. The monoisotopic (exact) mass is 283 g/mol. The van der Waals surface area contributed by atoms with E-state index >= 15 is 0 Å². The molecule has 1 saturated heterocycles. The molecule has 1 fully saturated rings. The zero-order valence-corrected chi connectivity index (χ0v) is 12.5. The van der Waals surface area contributed by atoms with Crippen molar-refractivity contribution in [2.24, 2.45) is 0 Å². The Balaban J connectivity index is 1.95. The minimum atomic E-state index is 0.341. The molecule has 3 nitrogen and oxygen atoms in total. The molecule has 1 N–H and O–H groups in total. The van der Waals surface area contributed by atoms with Gasteiger partial charge in [-0.1, -0.05) is 36.4 Å². The van der Waals surface area contributed by atoms with Gasteiger partial charge in [0.2, 0.25) is 0 Å². The van der Waals surface area contributed by atoms with Gasteiger partial charge in [-0.15, -0.1) is 0 Å². The molecule has 2 unspecified atom stereocenters. The summed E-state index contributed by atoms with van der Waals surface area (Å²) < 4.78 is 10.9. The average Bonchev–Trinajstić information content (AvgIpc) is 3.04. The summed E-state index contributed by atoms with van der Waals surface area (Å²) in [7, 11) is 3.40. The lowest BCUT2D eigenvalue weighted by molar-refractivity contribution is 0.386. The molecule has 3 rings (SSSR count). The van der Waals surface area contributed by atoms with Gasteiger partial charge < -0.3 is 14.8 Å². The fraction of sp³-hybridized carbons (Fsp3) is 0.333. The number of hydrogen-bond acceptors (Lipinski definition) is 3. The predicted octanol–water partition coefficient (Wildman–Crippen LogP) is 3.52. The topological polar surface area (TPSA) is 30.5 Å². The molecule has 2 aromatic rings. The number of nitrogens with one attached hydrogen (secondary N) is 1. The van der Waals surface area contributed by atoms with E-state index in [0.717, 1.165) is 24.5 Å². The van der Waals surface area contributed by atoms with Gasteiger partial charge in [0.25, 0.3) is 0 Å². The van der Waals surface area contributed by atoms with Crippen LogP contribution in [0, 0.1) is 0 Å². The number of benzene rings is 2. The molecule has 110 valence electrons. The van der Waals surface area contributed by atoms with Gasteiger partial charge in [0, 0.05) is 18.0 Å². The van der Waals surface area contributed by atoms with Crippen molar-refractivity contribution in [3.05, 3.63) is 59.7 Å². The van der Waals surface area contributed by atoms with Crippen LogP contribution < -0.4 is 14.8 Å². The van der Waals surface area contributed by atoms with Gasteiger partial charge in [0.1, 0.15) is 11.5 Å². The molecule has 3 heteroatoms. The predicted molar refractivity (Wildman–Crippen MR) is 84.1 cm³/mol. The molecule has 0 spiro atoms. The zero-order chi connectivity index (χ0) is 14.7. The molecule has 1 heterocycles. The molecule has 0 bridgehead atoms.